The van der Waals surface area contributed by atoms with Crippen LogP contribution in [0.5, 0.6) is 5.75 Å². The normalized spacial score (nSPS) is 13.1. The highest BCUT2D eigenvalue weighted by Gasteiger charge is 2.28. The fourth-order valence-electron chi connectivity index (χ4n) is 3.32. The van der Waals surface area contributed by atoms with Crippen LogP contribution in [-0.2, 0) is 9.59 Å². The molecule has 1 N–H and O–H groups in total. The van der Waals surface area contributed by atoms with Crippen LogP contribution in [-0.4, -0.2) is 29.9 Å². The summed E-state index contributed by atoms with van der Waals surface area (Å²) in [6.45, 7) is 5.73. The van der Waals surface area contributed by atoms with E-state index in [1.807, 2.05) is 62.5 Å². The first-order valence-corrected chi connectivity index (χ1v) is 10.2. The van der Waals surface area contributed by atoms with Crippen LogP contribution in [0.2, 0.25) is 0 Å². The summed E-state index contributed by atoms with van der Waals surface area (Å²) in [6.07, 6.45) is 0. The summed E-state index contributed by atoms with van der Waals surface area (Å²) < 4.78 is 5.55. The summed E-state index contributed by atoms with van der Waals surface area (Å²) in [5.74, 6) is 0.0764. The highest BCUT2D eigenvalue weighted by atomic mass is 32.1. The number of thiazole rings is 1. The molecule has 6 nitrogen and oxygen atoms in total. The number of amides is 2. The zero-order valence-electron chi connectivity index (χ0n) is 16.5. The lowest BCUT2D eigenvalue weighted by Gasteiger charge is -2.29. The molecule has 1 aliphatic heterocycles. The molecule has 2 heterocycles. The van der Waals surface area contributed by atoms with Crippen LogP contribution in [0.1, 0.15) is 16.1 Å². The Hall–Kier alpha value is -3.19. The Balaban J connectivity index is 1.59. The molecule has 2 amide bonds. The van der Waals surface area contributed by atoms with E-state index in [1.165, 1.54) is 4.90 Å². The molecule has 3 aromatic rings. The van der Waals surface area contributed by atoms with Crippen molar-refractivity contribution in [1.82, 2.24) is 4.98 Å². The highest BCUT2D eigenvalue weighted by Crippen LogP contribution is 2.36. The molecule has 0 saturated carbocycles. The molecule has 0 fully saturated rings. The largest absolute Gasteiger partial charge is 0.482 e. The topological polar surface area (TPSA) is 71.5 Å². The predicted molar refractivity (Wildman–Crippen MR) is 115 cm³/mol. The number of aryl methyl sites for hydroxylation is 3. The molecule has 4 rings (SSSR count). The van der Waals surface area contributed by atoms with Crippen LogP contribution >= 0.6 is 11.3 Å². The predicted octanol–water partition coefficient (Wildman–Crippen LogP) is 4.10. The Kier molecular flexibility index (Phi) is 5.07. The molecule has 0 atom stereocenters. The number of carbonyl (C=O) groups is 2. The zero-order chi connectivity index (χ0) is 20.5. The summed E-state index contributed by atoms with van der Waals surface area (Å²) in [5, 5.41) is 5.84. The number of anilines is 2. The molecule has 0 bridgehead atoms. The number of rotatable bonds is 4. The number of fused-ring (bicyclic) bond motifs is 1. The quantitative estimate of drug-likeness (QED) is 0.707. The van der Waals surface area contributed by atoms with E-state index < -0.39 is 0 Å². The van der Waals surface area contributed by atoms with E-state index in [4.69, 9.17) is 4.74 Å². The van der Waals surface area contributed by atoms with E-state index in [-0.39, 0.29) is 25.0 Å². The first-order chi connectivity index (χ1) is 13.9. The molecule has 0 aliphatic carbocycles. The van der Waals surface area contributed by atoms with Crippen molar-refractivity contribution in [2.24, 2.45) is 0 Å². The molecule has 7 heteroatoms. The van der Waals surface area contributed by atoms with Gasteiger partial charge in [0.05, 0.1) is 16.4 Å². The van der Waals surface area contributed by atoms with E-state index in [9.17, 15) is 9.59 Å². The fourth-order valence-corrected chi connectivity index (χ4v) is 3.94. The fraction of sp³-hybridized carbons (Fsp3) is 0.227. The van der Waals surface area contributed by atoms with Crippen LogP contribution < -0.4 is 15.0 Å². The molecule has 0 unspecified atom stereocenters. The van der Waals surface area contributed by atoms with Crippen molar-refractivity contribution in [2.45, 2.75) is 20.8 Å². The smallest absolute Gasteiger partial charge is 0.265 e. The monoisotopic (exact) mass is 407 g/mol. The summed E-state index contributed by atoms with van der Waals surface area (Å²) in [6, 6.07) is 11.4. The second-order valence-corrected chi connectivity index (χ2v) is 8.13. The van der Waals surface area contributed by atoms with Gasteiger partial charge in [-0.05, 0) is 50.6 Å². The third-order valence-electron chi connectivity index (χ3n) is 4.77. The maximum absolute atomic E-state index is 12.7. The van der Waals surface area contributed by atoms with Crippen LogP contribution in [0, 0.1) is 20.8 Å². The van der Waals surface area contributed by atoms with Crippen LogP contribution in [0.15, 0.2) is 41.8 Å². The van der Waals surface area contributed by atoms with Gasteiger partial charge < -0.3 is 10.1 Å². The summed E-state index contributed by atoms with van der Waals surface area (Å²) >= 11 is 1.57. The van der Waals surface area contributed by atoms with Gasteiger partial charge in [-0.15, -0.1) is 11.3 Å². The van der Waals surface area contributed by atoms with Gasteiger partial charge in [-0.1, -0.05) is 17.7 Å². The first kappa shape index (κ1) is 19.1. The van der Waals surface area contributed by atoms with E-state index in [0.717, 1.165) is 33.1 Å². The van der Waals surface area contributed by atoms with Gasteiger partial charge in [-0.3, -0.25) is 14.5 Å². The van der Waals surface area contributed by atoms with Crippen LogP contribution in [0.3, 0.4) is 0 Å². The van der Waals surface area contributed by atoms with Crippen molar-refractivity contribution in [3.05, 3.63) is 57.9 Å². The lowest BCUT2D eigenvalue weighted by molar-refractivity contribution is -0.123. The van der Waals surface area contributed by atoms with E-state index in [2.05, 4.69) is 10.3 Å². The van der Waals surface area contributed by atoms with Gasteiger partial charge in [-0.25, -0.2) is 4.98 Å². The second kappa shape index (κ2) is 7.67. The van der Waals surface area contributed by atoms with E-state index in [1.54, 1.807) is 11.3 Å². The van der Waals surface area contributed by atoms with Crippen LogP contribution in [0.25, 0.3) is 11.3 Å². The van der Waals surface area contributed by atoms with Gasteiger partial charge >= 0.3 is 0 Å². The maximum atomic E-state index is 12.7. The number of nitrogens with zero attached hydrogens (tertiary/aromatic N) is 2. The summed E-state index contributed by atoms with van der Waals surface area (Å²) in [5.41, 5.74) is 5.16. The van der Waals surface area contributed by atoms with Crippen molar-refractivity contribution >= 4 is 34.5 Å². The number of carbonyl (C=O) groups excluding carboxylic acids is 2. The van der Waals surface area contributed by atoms with Crippen molar-refractivity contribution in [1.29, 1.82) is 0 Å². The second-order valence-electron chi connectivity index (χ2n) is 7.07. The number of nitrogens with one attached hydrogen (secondary N) is 1. The minimum atomic E-state index is -0.256. The lowest BCUT2D eigenvalue weighted by Crippen LogP contribution is -2.43. The molecule has 29 heavy (non-hydrogen) atoms. The number of aromatic nitrogens is 1. The van der Waals surface area contributed by atoms with Gasteiger partial charge in [0.15, 0.2) is 6.61 Å². The standard InChI is InChI=1S/C22H21N3O3S/c1-13-4-6-17(14(2)8-13)24-21(26)10-25-19-9-16(18-12-29-15(3)23-18)5-7-20(19)28-11-22(25)27/h4-9,12H,10-11H2,1-3H3,(H,24,26). The Morgan fingerprint density at radius 3 is 2.76 bits per heavy atom. The first-order valence-electron chi connectivity index (χ1n) is 9.27. The Morgan fingerprint density at radius 2 is 2.03 bits per heavy atom. The zero-order valence-corrected chi connectivity index (χ0v) is 17.3. The molecular weight excluding hydrogens is 386 g/mol. The summed E-state index contributed by atoms with van der Waals surface area (Å²) in [4.78, 5) is 31.2. The van der Waals surface area contributed by atoms with E-state index in [0.29, 0.717) is 11.4 Å². The lowest BCUT2D eigenvalue weighted by atomic mass is 10.1. The van der Waals surface area contributed by atoms with Gasteiger partial charge in [-0.2, -0.15) is 0 Å². The number of hydrogen-bond donors (Lipinski definition) is 1. The Morgan fingerprint density at radius 1 is 1.21 bits per heavy atom. The summed E-state index contributed by atoms with van der Waals surface area (Å²) in [7, 11) is 0. The van der Waals surface area contributed by atoms with Crippen LogP contribution in [0.4, 0.5) is 11.4 Å². The third kappa shape index (κ3) is 4.00. The Bertz CT molecular complexity index is 1110. The molecule has 0 radical (unpaired) electrons. The molecule has 1 aliphatic rings. The highest BCUT2D eigenvalue weighted by molar-refractivity contribution is 7.09. The molecular formula is C22H21N3O3S. The number of ether oxygens (including phenoxy) is 1. The SMILES string of the molecule is Cc1ccc(NC(=O)CN2C(=O)COc3ccc(-c4csc(C)n4)cc32)c(C)c1. The molecule has 2 aromatic carbocycles. The maximum Gasteiger partial charge on any atom is 0.265 e. The molecule has 148 valence electrons. The molecule has 1 aromatic heterocycles. The number of benzene rings is 2. The number of hydrogen-bond acceptors (Lipinski definition) is 5. The van der Waals surface area contributed by atoms with Gasteiger partial charge in [0.2, 0.25) is 5.91 Å². The molecule has 0 saturated heterocycles. The van der Waals surface area contributed by atoms with E-state index >= 15 is 0 Å². The average Bonchev–Trinajstić information content (AvgIpc) is 3.12. The minimum Gasteiger partial charge on any atom is -0.482 e. The minimum absolute atomic E-state index is 0.0813. The van der Waals surface area contributed by atoms with Crippen molar-refractivity contribution in [3.63, 3.8) is 0 Å². The van der Waals surface area contributed by atoms with Crippen molar-refractivity contribution in [3.8, 4) is 17.0 Å². The van der Waals surface area contributed by atoms with Gasteiger partial charge in [0.1, 0.15) is 12.3 Å². The molecule has 0 spiro atoms. The van der Waals surface area contributed by atoms with Crippen molar-refractivity contribution in [2.75, 3.05) is 23.4 Å². The Labute approximate surface area is 173 Å². The van der Waals surface area contributed by atoms with Gasteiger partial charge in [0, 0.05) is 16.6 Å². The third-order valence-corrected chi connectivity index (χ3v) is 5.55. The van der Waals surface area contributed by atoms with Crippen molar-refractivity contribution < 1.29 is 14.3 Å². The average molecular weight is 407 g/mol. The van der Waals surface area contributed by atoms with Gasteiger partial charge in [0.25, 0.3) is 5.91 Å².